The molecule has 1 unspecified atom stereocenters. The van der Waals surface area contributed by atoms with Crippen LogP contribution in [0.1, 0.15) is 57.4 Å². The molecule has 1 rings (SSSR count). The summed E-state index contributed by atoms with van der Waals surface area (Å²) in [5, 5.41) is 9.77. The largest absolute Gasteiger partial charge is 0.393 e. The Morgan fingerprint density at radius 3 is 2.24 bits per heavy atom. The van der Waals surface area contributed by atoms with Gasteiger partial charge in [-0.15, -0.1) is 0 Å². The van der Waals surface area contributed by atoms with E-state index in [1.807, 2.05) is 0 Å². The quantitative estimate of drug-likeness (QED) is 0.630. The van der Waals surface area contributed by atoms with Gasteiger partial charge in [-0.05, 0) is 31.2 Å². The Bertz CT molecular complexity index is 268. The maximum absolute atomic E-state index is 9.77. The Morgan fingerprint density at radius 2 is 1.59 bits per heavy atom. The van der Waals surface area contributed by atoms with Crippen molar-refractivity contribution in [3.63, 3.8) is 0 Å². The second kappa shape index (κ2) is 9.23. The molecule has 0 aliphatic rings. The standard InChI is InChI=1S/C16H26O/c1-2-3-5-13-16(17)14-9-8-12-15-10-6-4-7-11-15/h4,6-7,10-11,16-17H,2-3,5,8-9,12-14H2,1H3. The number of benzene rings is 1. The Labute approximate surface area is 106 Å². The van der Waals surface area contributed by atoms with Crippen molar-refractivity contribution in [1.29, 1.82) is 0 Å². The van der Waals surface area contributed by atoms with Crippen LogP contribution in [0.15, 0.2) is 30.3 Å². The molecule has 1 heteroatoms. The first-order valence-electron chi connectivity index (χ1n) is 7.05. The fourth-order valence-corrected chi connectivity index (χ4v) is 2.13. The SMILES string of the molecule is CCCCCC(O)CCCCc1ccccc1. The maximum atomic E-state index is 9.77. The molecule has 0 saturated heterocycles. The number of unbranched alkanes of at least 4 members (excludes halogenated alkanes) is 3. The van der Waals surface area contributed by atoms with Crippen LogP contribution >= 0.6 is 0 Å². The van der Waals surface area contributed by atoms with Gasteiger partial charge in [0, 0.05) is 0 Å². The van der Waals surface area contributed by atoms with Crippen LogP contribution in [-0.2, 0) is 6.42 Å². The molecular weight excluding hydrogens is 208 g/mol. The van der Waals surface area contributed by atoms with Crippen LogP contribution in [0.4, 0.5) is 0 Å². The van der Waals surface area contributed by atoms with Crippen LogP contribution in [0.3, 0.4) is 0 Å². The summed E-state index contributed by atoms with van der Waals surface area (Å²) >= 11 is 0. The van der Waals surface area contributed by atoms with Crippen molar-refractivity contribution < 1.29 is 5.11 Å². The zero-order valence-corrected chi connectivity index (χ0v) is 11.1. The highest BCUT2D eigenvalue weighted by molar-refractivity contribution is 5.14. The van der Waals surface area contributed by atoms with E-state index in [0.29, 0.717) is 0 Å². The molecule has 1 atom stereocenters. The van der Waals surface area contributed by atoms with Crippen LogP contribution in [0.25, 0.3) is 0 Å². The van der Waals surface area contributed by atoms with E-state index in [1.54, 1.807) is 0 Å². The molecule has 0 aliphatic carbocycles. The zero-order valence-electron chi connectivity index (χ0n) is 11.1. The smallest absolute Gasteiger partial charge is 0.0540 e. The lowest BCUT2D eigenvalue weighted by molar-refractivity contribution is 0.147. The molecule has 0 amide bonds. The average Bonchev–Trinajstić information content (AvgIpc) is 2.36. The summed E-state index contributed by atoms with van der Waals surface area (Å²) < 4.78 is 0. The summed E-state index contributed by atoms with van der Waals surface area (Å²) in [7, 11) is 0. The van der Waals surface area contributed by atoms with E-state index in [-0.39, 0.29) is 6.10 Å². The van der Waals surface area contributed by atoms with E-state index < -0.39 is 0 Å². The average molecular weight is 234 g/mol. The van der Waals surface area contributed by atoms with E-state index in [1.165, 1.54) is 31.2 Å². The van der Waals surface area contributed by atoms with Crippen molar-refractivity contribution >= 4 is 0 Å². The molecule has 1 aromatic carbocycles. The summed E-state index contributed by atoms with van der Waals surface area (Å²) in [5.41, 5.74) is 1.41. The van der Waals surface area contributed by atoms with E-state index in [4.69, 9.17) is 0 Å². The van der Waals surface area contributed by atoms with Gasteiger partial charge in [-0.1, -0.05) is 62.9 Å². The van der Waals surface area contributed by atoms with E-state index in [9.17, 15) is 5.11 Å². The lowest BCUT2D eigenvalue weighted by Crippen LogP contribution is -2.06. The fourth-order valence-electron chi connectivity index (χ4n) is 2.13. The third-order valence-electron chi connectivity index (χ3n) is 3.24. The van der Waals surface area contributed by atoms with Gasteiger partial charge >= 0.3 is 0 Å². The van der Waals surface area contributed by atoms with Crippen molar-refractivity contribution in [2.75, 3.05) is 0 Å². The van der Waals surface area contributed by atoms with Crippen molar-refractivity contribution in [2.45, 2.75) is 64.4 Å². The van der Waals surface area contributed by atoms with Gasteiger partial charge in [-0.25, -0.2) is 0 Å². The molecule has 0 radical (unpaired) electrons. The number of hydrogen-bond acceptors (Lipinski definition) is 1. The molecule has 1 aromatic rings. The van der Waals surface area contributed by atoms with E-state index in [2.05, 4.69) is 37.3 Å². The molecule has 0 bridgehead atoms. The first kappa shape index (κ1) is 14.2. The van der Waals surface area contributed by atoms with Crippen molar-refractivity contribution in [1.82, 2.24) is 0 Å². The number of aryl methyl sites for hydroxylation is 1. The van der Waals surface area contributed by atoms with Crippen molar-refractivity contribution in [3.05, 3.63) is 35.9 Å². The van der Waals surface area contributed by atoms with Gasteiger partial charge in [0.15, 0.2) is 0 Å². The summed E-state index contributed by atoms with van der Waals surface area (Å²) in [6.07, 6.45) is 9.02. The van der Waals surface area contributed by atoms with Crippen LogP contribution in [0.2, 0.25) is 0 Å². The van der Waals surface area contributed by atoms with Gasteiger partial charge in [0.2, 0.25) is 0 Å². The molecule has 0 saturated carbocycles. The summed E-state index contributed by atoms with van der Waals surface area (Å²) in [6.45, 7) is 2.20. The van der Waals surface area contributed by atoms with Gasteiger partial charge < -0.3 is 5.11 Å². The molecule has 0 fully saturated rings. The monoisotopic (exact) mass is 234 g/mol. The topological polar surface area (TPSA) is 20.2 Å². The van der Waals surface area contributed by atoms with Crippen LogP contribution in [0, 0.1) is 0 Å². The lowest BCUT2D eigenvalue weighted by atomic mass is 10.0. The molecule has 0 spiro atoms. The third-order valence-corrected chi connectivity index (χ3v) is 3.24. The molecule has 96 valence electrons. The third kappa shape index (κ3) is 7.17. The Morgan fingerprint density at radius 1 is 0.941 bits per heavy atom. The molecule has 0 aliphatic heterocycles. The number of aliphatic hydroxyl groups excluding tert-OH is 1. The van der Waals surface area contributed by atoms with Gasteiger partial charge in [-0.2, -0.15) is 0 Å². The molecule has 1 nitrogen and oxygen atoms in total. The minimum Gasteiger partial charge on any atom is -0.393 e. The highest BCUT2D eigenvalue weighted by atomic mass is 16.3. The predicted molar refractivity (Wildman–Crippen MR) is 74.1 cm³/mol. The maximum Gasteiger partial charge on any atom is 0.0540 e. The highest BCUT2D eigenvalue weighted by Crippen LogP contribution is 2.11. The molecule has 0 heterocycles. The number of rotatable bonds is 9. The summed E-state index contributed by atoms with van der Waals surface area (Å²) in [6, 6.07) is 10.6. The van der Waals surface area contributed by atoms with Crippen LogP contribution in [0.5, 0.6) is 0 Å². The van der Waals surface area contributed by atoms with Crippen molar-refractivity contribution in [2.24, 2.45) is 0 Å². The highest BCUT2D eigenvalue weighted by Gasteiger charge is 2.03. The zero-order chi connectivity index (χ0) is 12.3. The van der Waals surface area contributed by atoms with Gasteiger partial charge in [0.25, 0.3) is 0 Å². The van der Waals surface area contributed by atoms with Gasteiger partial charge in [-0.3, -0.25) is 0 Å². The van der Waals surface area contributed by atoms with Crippen LogP contribution < -0.4 is 0 Å². The van der Waals surface area contributed by atoms with Crippen molar-refractivity contribution in [3.8, 4) is 0 Å². The number of aliphatic hydroxyl groups is 1. The Hall–Kier alpha value is -0.820. The van der Waals surface area contributed by atoms with Gasteiger partial charge in [0.05, 0.1) is 6.10 Å². The van der Waals surface area contributed by atoms with E-state index >= 15 is 0 Å². The normalized spacial score (nSPS) is 12.6. The summed E-state index contributed by atoms with van der Waals surface area (Å²) in [5.74, 6) is 0. The molecule has 1 N–H and O–H groups in total. The fraction of sp³-hybridized carbons (Fsp3) is 0.625. The second-order valence-electron chi connectivity index (χ2n) is 4.88. The minimum absolute atomic E-state index is 0.0719. The number of hydrogen-bond donors (Lipinski definition) is 1. The van der Waals surface area contributed by atoms with E-state index in [0.717, 1.165) is 25.7 Å². The Balaban J connectivity index is 2.00. The van der Waals surface area contributed by atoms with Gasteiger partial charge in [0.1, 0.15) is 0 Å². The first-order chi connectivity index (χ1) is 8.33. The Kier molecular flexibility index (Phi) is 7.74. The minimum atomic E-state index is -0.0719. The molecular formula is C16H26O. The molecule has 0 aromatic heterocycles. The summed E-state index contributed by atoms with van der Waals surface area (Å²) in [4.78, 5) is 0. The molecule has 17 heavy (non-hydrogen) atoms. The second-order valence-corrected chi connectivity index (χ2v) is 4.88. The predicted octanol–water partition coefficient (Wildman–Crippen LogP) is 4.34. The first-order valence-corrected chi connectivity index (χ1v) is 7.05. The van der Waals surface area contributed by atoms with Crippen LogP contribution in [-0.4, -0.2) is 11.2 Å². The lowest BCUT2D eigenvalue weighted by Gasteiger charge is -2.09.